The van der Waals surface area contributed by atoms with Gasteiger partial charge in [-0.2, -0.15) is 11.3 Å². The molecule has 0 aliphatic heterocycles. The minimum atomic E-state index is -0.695. The summed E-state index contributed by atoms with van der Waals surface area (Å²) in [5.74, 6) is 0. The number of nitrogens with zero attached hydrogens (tertiary/aromatic N) is 1. The zero-order valence-electron chi connectivity index (χ0n) is 10.9. The molecule has 0 aliphatic rings. The molecule has 0 amide bonds. The van der Waals surface area contributed by atoms with E-state index in [9.17, 15) is 15.2 Å². The Bertz CT molecular complexity index is 587. The molecular weight excluding hydrogens is 278 g/mol. The van der Waals surface area contributed by atoms with E-state index in [2.05, 4.69) is 10.6 Å². The van der Waals surface area contributed by atoms with Crippen molar-refractivity contribution in [2.75, 3.05) is 24.2 Å². The fourth-order valence-corrected chi connectivity index (χ4v) is 2.58. The van der Waals surface area contributed by atoms with Crippen LogP contribution in [-0.2, 0) is 0 Å². The number of hydrogen-bond acceptors (Lipinski definition) is 6. The maximum Gasteiger partial charge on any atom is 0.315 e. The molecule has 0 aliphatic carbocycles. The Morgan fingerprint density at radius 1 is 1.40 bits per heavy atom. The van der Waals surface area contributed by atoms with Gasteiger partial charge in [-0.25, -0.2) is 0 Å². The molecule has 0 radical (unpaired) electrons. The molecule has 1 heterocycles. The van der Waals surface area contributed by atoms with Crippen molar-refractivity contribution in [2.24, 2.45) is 0 Å². The van der Waals surface area contributed by atoms with E-state index >= 15 is 0 Å². The van der Waals surface area contributed by atoms with Gasteiger partial charge in [0.2, 0.25) is 0 Å². The van der Waals surface area contributed by atoms with Crippen molar-refractivity contribution in [2.45, 2.75) is 6.10 Å². The third-order valence-electron chi connectivity index (χ3n) is 2.90. The van der Waals surface area contributed by atoms with Crippen LogP contribution in [0.5, 0.6) is 0 Å². The fourth-order valence-electron chi connectivity index (χ4n) is 1.87. The van der Waals surface area contributed by atoms with E-state index in [1.165, 1.54) is 11.3 Å². The lowest BCUT2D eigenvalue weighted by Gasteiger charge is -2.13. The second-order valence-corrected chi connectivity index (χ2v) is 4.94. The lowest BCUT2D eigenvalue weighted by atomic mass is 10.2. The predicted molar refractivity (Wildman–Crippen MR) is 80.4 cm³/mol. The van der Waals surface area contributed by atoms with E-state index in [0.717, 1.165) is 5.56 Å². The highest BCUT2D eigenvalue weighted by atomic mass is 32.1. The summed E-state index contributed by atoms with van der Waals surface area (Å²) in [7, 11) is 1.63. The lowest BCUT2D eigenvalue weighted by Crippen LogP contribution is -2.13. The number of rotatable bonds is 6. The van der Waals surface area contributed by atoms with Gasteiger partial charge in [-0.3, -0.25) is 10.1 Å². The van der Waals surface area contributed by atoms with Crippen molar-refractivity contribution < 1.29 is 10.0 Å². The van der Waals surface area contributed by atoms with Crippen LogP contribution in [0.4, 0.5) is 17.1 Å². The smallest absolute Gasteiger partial charge is 0.315 e. The first-order chi connectivity index (χ1) is 9.63. The number of nitrogens with one attached hydrogen (secondary N) is 2. The molecule has 0 bridgehead atoms. The Balaban J connectivity index is 2.15. The molecule has 0 saturated heterocycles. The number of hydrogen-bond donors (Lipinski definition) is 3. The van der Waals surface area contributed by atoms with Gasteiger partial charge in [-0.05, 0) is 34.5 Å². The third-order valence-corrected chi connectivity index (χ3v) is 3.60. The Labute approximate surface area is 120 Å². The molecule has 1 unspecified atom stereocenters. The van der Waals surface area contributed by atoms with Gasteiger partial charge in [0.15, 0.2) is 0 Å². The van der Waals surface area contributed by atoms with Gasteiger partial charge in [-0.1, -0.05) is 6.07 Å². The minimum Gasteiger partial charge on any atom is -0.387 e. The molecule has 2 rings (SSSR count). The molecule has 106 valence electrons. The largest absolute Gasteiger partial charge is 0.387 e. The molecule has 3 N–H and O–H groups in total. The van der Waals surface area contributed by atoms with Gasteiger partial charge in [0.25, 0.3) is 0 Å². The van der Waals surface area contributed by atoms with Crippen LogP contribution in [0.2, 0.25) is 0 Å². The summed E-state index contributed by atoms with van der Waals surface area (Å²) in [4.78, 5) is 10.7. The molecule has 20 heavy (non-hydrogen) atoms. The van der Waals surface area contributed by atoms with Crippen LogP contribution >= 0.6 is 11.3 Å². The monoisotopic (exact) mass is 293 g/mol. The molecule has 6 nitrogen and oxygen atoms in total. The van der Waals surface area contributed by atoms with Gasteiger partial charge in [0, 0.05) is 13.6 Å². The summed E-state index contributed by atoms with van der Waals surface area (Å²) in [6, 6.07) is 6.81. The summed E-state index contributed by atoms with van der Waals surface area (Å²) in [5.41, 5.74) is 1.60. The first-order valence-corrected chi connectivity index (χ1v) is 6.97. The molecule has 0 saturated carbocycles. The maximum atomic E-state index is 11.1. The van der Waals surface area contributed by atoms with Crippen molar-refractivity contribution in [1.82, 2.24) is 0 Å². The number of nitro benzene ring substituents is 1. The van der Waals surface area contributed by atoms with Crippen molar-refractivity contribution in [1.29, 1.82) is 0 Å². The summed E-state index contributed by atoms with van der Waals surface area (Å²) >= 11 is 1.50. The minimum absolute atomic E-state index is 0.0208. The Morgan fingerprint density at radius 3 is 2.75 bits per heavy atom. The van der Waals surface area contributed by atoms with Crippen LogP contribution in [0.25, 0.3) is 0 Å². The highest BCUT2D eigenvalue weighted by molar-refractivity contribution is 7.07. The number of benzene rings is 1. The number of para-hydroxylation sites is 1. The van der Waals surface area contributed by atoms with Crippen LogP contribution in [0.15, 0.2) is 35.0 Å². The number of aliphatic hydroxyl groups excluding tert-OH is 1. The fraction of sp³-hybridized carbons (Fsp3) is 0.231. The van der Waals surface area contributed by atoms with E-state index in [0.29, 0.717) is 11.4 Å². The van der Waals surface area contributed by atoms with Crippen molar-refractivity contribution in [3.8, 4) is 0 Å². The highest BCUT2D eigenvalue weighted by Crippen LogP contribution is 2.32. The zero-order chi connectivity index (χ0) is 14.5. The number of aliphatic hydroxyl groups is 1. The van der Waals surface area contributed by atoms with E-state index in [-0.39, 0.29) is 12.2 Å². The van der Waals surface area contributed by atoms with Gasteiger partial charge in [-0.15, -0.1) is 0 Å². The quantitative estimate of drug-likeness (QED) is 0.563. The summed E-state index contributed by atoms with van der Waals surface area (Å²) in [5, 5.41) is 30.6. The summed E-state index contributed by atoms with van der Waals surface area (Å²) < 4.78 is 0. The SMILES string of the molecule is CNc1cccc(NCC(O)c2ccsc2)c1[N+](=O)[O-]. The topological polar surface area (TPSA) is 87.4 Å². The van der Waals surface area contributed by atoms with Crippen LogP contribution in [0.3, 0.4) is 0 Å². The molecule has 0 fully saturated rings. The van der Waals surface area contributed by atoms with Crippen LogP contribution in [0, 0.1) is 10.1 Å². The number of anilines is 2. The first kappa shape index (κ1) is 14.3. The molecule has 1 atom stereocenters. The van der Waals surface area contributed by atoms with Gasteiger partial charge in [0.05, 0.1) is 11.0 Å². The van der Waals surface area contributed by atoms with Crippen molar-refractivity contribution in [3.05, 3.63) is 50.7 Å². The van der Waals surface area contributed by atoms with E-state index in [1.807, 2.05) is 16.8 Å². The van der Waals surface area contributed by atoms with Crippen molar-refractivity contribution in [3.63, 3.8) is 0 Å². The summed E-state index contributed by atoms with van der Waals surface area (Å²) in [6.07, 6.45) is -0.695. The van der Waals surface area contributed by atoms with E-state index < -0.39 is 11.0 Å². The average molecular weight is 293 g/mol. The molecule has 1 aromatic carbocycles. The van der Waals surface area contributed by atoms with Gasteiger partial charge >= 0.3 is 5.69 Å². The second-order valence-electron chi connectivity index (χ2n) is 4.16. The Morgan fingerprint density at radius 2 is 2.15 bits per heavy atom. The van der Waals surface area contributed by atoms with Crippen LogP contribution in [-0.4, -0.2) is 23.6 Å². The molecule has 2 aromatic rings. The van der Waals surface area contributed by atoms with Gasteiger partial charge < -0.3 is 15.7 Å². The second kappa shape index (κ2) is 6.36. The molecule has 7 heteroatoms. The molecular formula is C13H15N3O3S. The summed E-state index contributed by atoms with van der Waals surface area (Å²) in [6.45, 7) is 0.213. The van der Waals surface area contributed by atoms with Gasteiger partial charge in [0.1, 0.15) is 11.4 Å². The van der Waals surface area contributed by atoms with Crippen LogP contribution < -0.4 is 10.6 Å². The number of thiophene rings is 1. The Kier molecular flexibility index (Phi) is 4.54. The molecule has 0 spiro atoms. The molecule has 1 aromatic heterocycles. The number of nitro groups is 1. The van der Waals surface area contributed by atoms with Crippen LogP contribution in [0.1, 0.15) is 11.7 Å². The first-order valence-electron chi connectivity index (χ1n) is 6.02. The zero-order valence-corrected chi connectivity index (χ0v) is 11.7. The van der Waals surface area contributed by atoms with E-state index in [1.54, 1.807) is 25.2 Å². The lowest BCUT2D eigenvalue weighted by molar-refractivity contribution is -0.383. The van der Waals surface area contributed by atoms with E-state index in [4.69, 9.17) is 0 Å². The van der Waals surface area contributed by atoms with Crippen molar-refractivity contribution >= 4 is 28.4 Å². The maximum absolute atomic E-state index is 11.1. The standard InChI is InChI=1S/C13H15N3O3S/c1-14-10-3-2-4-11(13(10)16(18)19)15-7-12(17)9-5-6-20-8-9/h2-6,8,12,14-15,17H,7H2,1H3. The average Bonchev–Trinajstić information content (AvgIpc) is 2.98. The predicted octanol–water partition coefficient (Wildman–Crippen LogP) is 2.84. The normalized spacial score (nSPS) is 11.9. The Hall–Kier alpha value is -2.12. The highest BCUT2D eigenvalue weighted by Gasteiger charge is 2.19. The third kappa shape index (κ3) is 3.06.